The Morgan fingerprint density at radius 2 is 1.82 bits per heavy atom. The number of benzene rings is 1. The van der Waals surface area contributed by atoms with Gasteiger partial charge in [0, 0.05) is 19.7 Å². The summed E-state index contributed by atoms with van der Waals surface area (Å²) in [6.07, 6.45) is -3.60. The number of alkyl halides is 3. The van der Waals surface area contributed by atoms with E-state index in [2.05, 4.69) is 15.0 Å². The van der Waals surface area contributed by atoms with Crippen molar-refractivity contribution in [2.45, 2.75) is 18.1 Å². The van der Waals surface area contributed by atoms with Crippen LogP contribution in [0.1, 0.15) is 18.2 Å². The number of halogens is 3. The third-order valence-corrected chi connectivity index (χ3v) is 7.05. The van der Waals surface area contributed by atoms with Crippen molar-refractivity contribution in [1.29, 1.82) is 5.26 Å². The molecule has 3 aromatic heterocycles. The van der Waals surface area contributed by atoms with Crippen molar-refractivity contribution in [3.8, 4) is 29.0 Å². The quantitative estimate of drug-likeness (QED) is 0.446. The van der Waals surface area contributed by atoms with Gasteiger partial charge < -0.3 is 9.13 Å². The van der Waals surface area contributed by atoms with Gasteiger partial charge in [-0.05, 0) is 18.2 Å². The van der Waals surface area contributed by atoms with Gasteiger partial charge >= 0.3 is 6.18 Å². The molecule has 12 heteroatoms. The van der Waals surface area contributed by atoms with E-state index in [-0.39, 0.29) is 39.2 Å². The number of hydrogen-bond donors (Lipinski definition) is 0. The van der Waals surface area contributed by atoms with Gasteiger partial charge in [-0.1, -0.05) is 19.1 Å². The molecule has 0 radical (unpaired) electrons. The first kappa shape index (κ1) is 22.5. The van der Waals surface area contributed by atoms with E-state index in [1.807, 2.05) is 6.07 Å². The van der Waals surface area contributed by atoms with E-state index >= 15 is 0 Å². The number of sulfone groups is 1. The summed E-state index contributed by atoms with van der Waals surface area (Å²) in [6, 6.07) is 9.35. The van der Waals surface area contributed by atoms with Gasteiger partial charge in [-0.3, -0.25) is 0 Å². The first-order valence-electron chi connectivity index (χ1n) is 9.68. The Balaban J connectivity index is 2.02. The van der Waals surface area contributed by atoms with Gasteiger partial charge in [0.05, 0.1) is 34.6 Å². The van der Waals surface area contributed by atoms with Crippen LogP contribution in [0.15, 0.2) is 41.6 Å². The topological polar surface area (TPSA) is 106 Å². The molecule has 0 fully saturated rings. The van der Waals surface area contributed by atoms with Crippen LogP contribution in [0.2, 0.25) is 0 Å². The fraction of sp³-hybridized carbons (Fsp3) is 0.238. The average molecular weight is 474 g/mol. The number of rotatable bonds is 4. The Bertz CT molecular complexity index is 1540. The molecule has 0 aliphatic carbocycles. The number of fused-ring (bicyclic) bond motifs is 1. The minimum absolute atomic E-state index is 0.00368. The number of nitrogens with zero attached hydrogens (tertiary/aromatic N) is 6. The van der Waals surface area contributed by atoms with Crippen molar-refractivity contribution in [2.75, 3.05) is 5.75 Å². The van der Waals surface area contributed by atoms with Crippen molar-refractivity contribution in [2.24, 2.45) is 14.1 Å². The largest absolute Gasteiger partial charge is 0.433 e. The van der Waals surface area contributed by atoms with Crippen molar-refractivity contribution >= 4 is 20.9 Å². The van der Waals surface area contributed by atoms with E-state index in [9.17, 15) is 26.9 Å². The van der Waals surface area contributed by atoms with Crippen LogP contribution in [0.25, 0.3) is 33.9 Å². The normalized spacial score (nSPS) is 12.3. The maximum atomic E-state index is 13.1. The summed E-state index contributed by atoms with van der Waals surface area (Å²) < 4.78 is 68.1. The van der Waals surface area contributed by atoms with E-state index in [1.54, 1.807) is 31.3 Å². The zero-order chi connectivity index (χ0) is 24.1. The van der Waals surface area contributed by atoms with Crippen LogP contribution in [-0.2, 0) is 30.1 Å². The van der Waals surface area contributed by atoms with Crippen molar-refractivity contribution in [1.82, 2.24) is 24.1 Å². The number of hydrogen-bond acceptors (Lipinski definition) is 6. The summed E-state index contributed by atoms with van der Waals surface area (Å²) >= 11 is 0. The van der Waals surface area contributed by atoms with Gasteiger partial charge in [-0.15, -0.1) is 0 Å². The smallest absolute Gasteiger partial charge is 0.324 e. The third-order valence-electron chi connectivity index (χ3n) is 5.24. The Hall–Kier alpha value is -3.72. The third kappa shape index (κ3) is 3.74. The van der Waals surface area contributed by atoms with E-state index in [4.69, 9.17) is 0 Å². The molecule has 0 aliphatic heterocycles. The summed E-state index contributed by atoms with van der Waals surface area (Å²) in [5.74, 6) is 0.132. The molecule has 0 N–H and O–H groups in total. The molecule has 33 heavy (non-hydrogen) atoms. The number of nitriles is 1. The minimum atomic E-state index is -4.65. The zero-order valence-corrected chi connectivity index (χ0v) is 18.5. The lowest BCUT2D eigenvalue weighted by atomic mass is 10.1. The molecule has 0 amide bonds. The first-order chi connectivity index (χ1) is 15.5. The second-order valence-electron chi connectivity index (χ2n) is 7.29. The second kappa shape index (κ2) is 7.70. The van der Waals surface area contributed by atoms with Crippen molar-refractivity contribution in [3.63, 3.8) is 0 Å². The van der Waals surface area contributed by atoms with E-state index in [1.165, 1.54) is 23.1 Å². The molecule has 0 spiro atoms. The maximum absolute atomic E-state index is 13.1. The molecule has 170 valence electrons. The molecular formula is C21H17F3N6O2S. The zero-order valence-electron chi connectivity index (χ0n) is 17.7. The summed E-state index contributed by atoms with van der Waals surface area (Å²) in [7, 11) is -0.734. The van der Waals surface area contributed by atoms with Crippen LogP contribution in [0, 0.1) is 11.3 Å². The number of aryl methyl sites for hydroxylation is 1. The summed E-state index contributed by atoms with van der Waals surface area (Å²) in [6.45, 7) is 1.48. The lowest BCUT2D eigenvalue weighted by Crippen LogP contribution is -2.11. The predicted molar refractivity (Wildman–Crippen MR) is 114 cm³/mol. The van der Waals surface area contributed by atoms with Gasteiger partial charge in [0.1, 0.15) is 17.2 Å². The van der Waals surface area contributed by atoms with Gasteiger partial charge in [0.15, 0.2) is 20.7 Å². The van der Waals surface area contributed by atoms with Gasteiger partial charge in [-0.25, -0.2) is 23.4 Å². The molecule has 0 bridgehead atoms. The van der Waals surface area contributed by atoms with Gasteiger partial charge in [-0.2, -0.15) is 18.4 Å². The molecule has 0 saturated carbocycles. The molecule has 0 aliphatic rings. The van der Waals surface area contributed by atoms with E-state index < -0.39 is 21.7 Å². The molecule has 4 aromatic rings. The Morgan fingerprint density at radius 1 is 1.09 bits per heavy atom. The highest BCUT2D eigenvalue weighted by molar-refractivity contribution is 7.91. The average Bonchev–Trinajstić information content (AvgIpc) is 3.30. The van der Waals surface area contributed by atoms with E-state index in [0.29, 0.717) is 11.1 Å². The van der Waals surface area contributed by atoms with Crippen LogP contribution in [-0.4, -0.2) is 38.3 Å². The van der Waals surface area contributed by atoms with Gasteiger partial charge in [0.25, 0.3) is 0 Å². The molecule has 0 unspecified atom stereocenters. The fourth-order valence-electron chi connectivity index (χ4n) is 3.56. The minimum Gasteiger partial charge on any atom is -0.324 e. The molecule has 1 aromatic carbocycles. The molecule has 0 saturated heterocycles. The molecule has 4 rings (SSSR count). The summed E-state index contributed by atoms with van der Waals surface area (Å²) in [5.41, 5.74) is 0.0745. The van der Waals surface area contributed by atoms with E-state index in [0.717, 1.165) is 12.3 Å². The molecule has 8 nitrogen and oxygen atoms in total. The Kier molecular flexibility index (Phi) is 5.24. The molecule has 0 atom stereocenters. The highest BCUT2D eigenvalue weighted by Gasteiger charge is 2.34. The Morgan fingerprint density at radius 3 is 2.45 bits per heavy atom. The standard InChI is InChI=1S/C21H17F3N6O2S/c1-4-33(31,32)20-17(28-18(30(20)3)13-7-5-6-12(8-13)10-25)19-27-14-9-16(21(22,23)24)26-11-15(14)29(19)2/h5-9,11H,4H2,1-3H3. The number of aromatic nitrogens is 5. The number of pyridine rings is 1. The summed E-state index contributed by atoms with van der Waals surface area (Å²) in [5, 5.41) is 9.09. The van der Waals surface area contributed by atoms with Crippen LogP contribution < -0.4 is 0 Å². The Labute approximate surface area is 186 Å². The summed E-state index contributed by atoms with van der Waals surface area (Å²) in [4.78, 5) is 12.3. The van der Waals surface area contributed by atoms with Crippen molar-refractivity contribution in [3.05, 3.63) is 47.8 Å². The van der Waals surface area contributed by atoms with Crippen LogP contribution in [0.4, 0.5) is 13.2 Å². The first-order valence-corrected chi connectivity index (χ1v) is 11.3. The monoisotopic (exact) mass is 474 g/mol. The predicted octanol–water partition coefficient (Wildman–Crippen LogP) is 3.72. The molecular weight excluding hydrogens is 457 g/mol. The maximum Gasteiger partial charge on any atom is 0.433 e. The van der Waals surface area contributed by atoms with Crippen molar-refractivity contribution < 1.29 is 21.6 Å². The lowest BCUT2D eigenvalue weighted by Gasteiger charge is -2.07. The number of imidazole rings is 2. The lowest BCUT2D eigenvalue weighted by molar-refractivity contribution is -0.141. The van der Waals surface area contributed by atoms with Crippen LogP contribution >= 0.6 is 0 Å². The fourth-order valence-corrected chi connectivity index (χ4v) is 4.77. The van der Waals surface area contributed by atoms with Gasteiger partial charge in [0.2, 0.25) is 0 Å². The van der Waals surface area contributed by atoms with Crippen LogP contribution in [0.5, 0.6) is 0 Å². The highest BCUT2D eigenvalue weighted by Crippen LogP contribution is 2.35. The second-order valence-corrected chi connectivity index (χ2v) is 9.49. The molecule has 3 heterocycles. The highest BCUT2D eigenvalue weighted by atomic mass is 32.2. The van der Waals surface area contributed by atoms with Crippen LogP contribution in [0.3, 0.4) is 0 Å². The SMILES string of the molecule is CCS(=O)(=O)c1c(-c2nc3cc(C(F)(F)F)ncc3n2C)nc(-c2cccc(C#N)c2)n1C.